The van der Waals surface area contributed by atoms with Crippen LogP contribution in [0.3, 0.4) is 0 Å². The molecule has 2 nitrogen and oxygen atoms in total. The summed E-state index contributed by atoms with van der Waals surface area (Å²) in [6, 6.07) is 8.31. The Labute approximate surface area is 128 Å². The van der Waals surface area contributed by atoms with E-state index >= 15 is 0 Å². The Balaban J connectivity index is 1.86. The average molecular weight is 285 g/mol. The highest BCUT2D eigenvalue weighted by Crippen LogP contribution is 2.39. The van der Waals surface area contributed by atoms with Crippen LogP contribution in [0.25, 0.3) is 0 Å². The van der Waals surface area contributed by atoms with E-state index in [-0.39, 0.29) is 5.54 Å². The van der Waals surface area contributed by atoms with Gasteiger partial charge in [-0.2, -0.15) is 0 Å². The smallest absolute Gasteiger partial charge is 0.182 e. The summed E-state index contributed by atoms with van der Waals surface area (Å²) in [5.41, 5.74) is 1.89. The molecule has 0 aromatic heterocycles. The average Bonchev–Trinajstić information content (AvgIpc) is 2.46. The first-order valence-corrected chi connectivity index (χ1v) is 8.49. The maximum absolute atomic E-state index is 13.2. The molecule has 1 saturated heterocycles. The predicted molar refractivity (Wildman–Crippen MR) is 86.9 cm³/mol. The second-order valence-electron chi connectivity index (χ2n) is 7.15. The quantitative estimate of drug-likeness (QED) is 0.764. The van der Waals surface area contributed by atoms with Gasteiger partial charge in [0.15, 0.2) is 5.78 Å². The van der Waals surface area contributed by atoms with Gasteiger partial charge in [-0.3, -0.25) is 9.69 Å². The molecule has 114 valence electrons. The topological polar surface area (TPSA) is 20.3 Å². The normalized spacial score (nSPS) is 21.0. The first kappa shape index (κ1) is 14.8. The van der Waals surface area contributed by atoms with Gasteiger partial charge >= 0.3 is 0 Å². The summed E-state index contributed by atoms with van der Waals surface area (Å²) in [4.78, 5) is 15.6. The third-order valence-corrected chi connectivity index (χ3v) is 5.45. The SMILES string of the molecule is CC(C)(C(=O)c1ccccc1C1CCC1)N1CCCCC1. The van der Waals surface area contributed by atoms with Crippen LogP contribution in [0, 0.1) is 0 Å². The second-order valence-corrected chi connectivity index (χ2v) is 7.15. The Morgan fingerprint density at radius 1 is 1.05 bits per heavy atom. The fourth-order valence-corrected chi connectivity index (χ4v) is 3.71. The molecule has 1 aliphatic heterocycles. The van der Waals surface area contributed by atoms with Gasteiger partial charge in [-0.25, -0.2) is 0 Å². The van der Waals surface area contributed by atoms with Crippen LogP contribution in [0.5, 0.6) is 0 Å². The molecule has 1 saturated carbocycles. The Morgan fingerprint density at radius 3 is 2.33 bits per heavy atom. The van der Waals surface area contributed by atoms with E-state index in [9.17, 15) is 4.79 Å². The van der Waals surface area contributed by atoms with E-state index in [1.165, 1.54) is 44.1 Å². The van der Waals surface area contributed by atoms with Gasteiger partial charge in [0.2, 0.25) is 0 Å². The van der Waals surface area contributed by atoms with Crippen molar-refractivity contribution < 1.29 is 4.79 Å². The van der Waals surface area contributed by atoms with Gasteiger partial charge in [-0.1, -0.05) is 37.1 Å². The fourth-order valence-electron chi connectivity index (χ4n) is 3.71. The summed E-state index contributed by atoms with van der Waals surface area (Å²) in [5.74, 6) is 0.925. The summed E-state index contributed by atoms with van der Waals surface area (Å²) in [6.45, 7) is 6.34. The Kier molecular flexibility index (Phi) is 4.17. The zero-order chi connectivity index (χ0) is 14.9. The first-order chi connectivity index (χ1) is 10.1. The molecule has 0 bridgehead atoms. The molecule has 0 radical (unpaired) electrons. The molecule has 0 atom stereocenters. The third kappa shape index (κ3) is 2.78. The molecule has 0 spiro atoms. The molecule has 1 aliphatic carbocycles. The van der Waals surface area contributed by atoms with Crippen molar-refractivity contribution >= 4 is 5.78 Å². The molecule has 3 rings (SSSR count). The molecule has 2 aliphatic rings. The minimum Gasteiger partial charge on any atom is -0.292 e. The Morgan fingerprint density at radius 2 is 1.71 bits per heavy atom. The van der Waals surface area contributed by atoms with Crippen molar-refractivity contribution in [2.24, 2.45) is 0 Å². The highest BCUT2D eigenvalue weighted by Gasteiger charge is 2.37. The number of benzene rings is 1. The maximum Gasteiger partial charge on any atom is 0.182 e. The van der Waals surface area contributed by atoms with Crippen LogP contribution in [0.4, 0.5) is 0 Å². The summed E-state index contributed by atoms with van der Waals surface area (Å²) in [6.07, 6.45) is 7.55. The molecule has 2 heteroatoms. The van der Waals surface area contributed by atoms with Crippen LogP contribution in [-0.4, -0.2) is 29.3 Å². The molecule has 0 amide bonds. The molecule has 1 aromatic rings. The molecule has 0 unspecified atom stereocenters. The van der Waals surface area contributed by atoms with Crippen LogP contribution in [0.1, 0.15) is 74.2 Å². The van der Waals surface area contributed by atoms with Gasteiger partial charge in [-0.05, 0) is 64.1 Å². The van der Waals surface area contributed by atoms with Gasteiger partial charge in [0.1, 0.15) is 0 Å². The summed E-state index contributed by atoms with van der Waals surface area (Å²) >= 11 is 0. The van der Waals surface area contributed by atoms with Crippen LogP contribution in [0.2, 0.25) is 0 Å². The minimum absolute atomic E-state index is 0.312. The monoisotopic (exact) mass is 285 g/mol. The third-order valence-electron chi connectivity index (χ3n) is 5.45. The summed E-state index contributed by atoms with van der Waals surface area (Å²) < 4.78 is 0. The molecule has 21 heavy (non-hydrogen) atoms. The highest BCUT2D eigenvalue weighted by molar-refractivity contribution is 6.04. The van der Waals surface area contributed by atoms with Gasteiger partial charge < -0.3 is 0 Å². The van der Waals surface area contributed by atoms with Gasteiger partial charge in [-0.15, -0.1) is 0 Å². The first-order valence-electron chi connectivity index (χ1n) is 8.49. The lowest BCUT2D eigenvalue weighted by Gasteiger charge is -2.40. The molecular weight excluding hydrogens is 258 g/mol. The van der Waals surface area contributed by atoms with Gasteiger partial charge in [0.05, 0.1) is 5.54 Å². The minimum atomic E-state index is -0.375. The number of rotatable bonds is 4. The standard InChI is InChI=1S/C19H27NO/c1-19(2,20-13-6-3-7-14-20)18(21)17-12-5-4-11-16(17)15-9-8-10-15/h4-5,11-12,15H,3,6-10,13-14H2,1-2H3. The van der Waals surface area contributed by atoms with Crippen molar-refractivity contribution in [2.75, 3.05) is 13.1 Å². The van der Waals surface area contributed by atoms with Crippen LogP contribution in [0.15, 0.2) is 24.3 Å². The van der Waals surface area contributed by atoms with E-state index in [4.69, 9.17) is 0 Å². The lowest BCUT2D eigenvalue weighted by molar-refractivity contribution is 0.0577. The molecule has 1 aromatic carbocycles. The van der Waals surface area contributed by atoms with Crippen molar-refractivity contribution in [1.29, 1.82) is 0 Å². The lowest BCUT2D eigenvalue weighted by Crippen LogP contribution is -2.52. The maximum atomic E-state index is 13.2. The molecule has 2 fully saturated rings. The molecule has 1 heterocycles. The van der Waals surface area contributed by atoms with Crippen molar-refractivity contribution in [3.05, 3.63) is 35.4 Å². The molecular formula is C19H27NO. The zero-order valence-electron chi connectivity index (χ0n) is 13.4. The van der Waals surface area contributed by atoms with E-state index in [0.29, 0.717) is 11.7 Å². The predicted octanol–water partition coefficient (Wildman–Crippen LogP) is 4.40. The lowest BCUT2D eigenvalue weighted by atomic mass is 9.76. The fraction of sp³-hybridized carbons (Fsp3) is 0.632. The van der Waals surface area contributed by atoms with Crippen molar-refractivity contribution in [1.82, 2.24) is 4.90 Å². The van der Waals surface area contributed by atoms with Crippen molar-refractivity contribution in [3.8, 4) is 0 Å². The van der Waals surface area contributed by atoms with Gasteiger partial charge in [0, 0.05) is 5.56 Å². The van der Waals surface area contributed by atoms with Crippen LogP contribution >= 0.6 is 0 Å². The summed E-state index contributed by atoms with van der Waals surface area (Å²) in [5, 5.41) is 0. The second kappa shape index (κ2) is 5.92. The number of hydrogen-bond donors (Lipinski definition) is 0. The number of ketones is 1. The Hall–Kier alpha value is -1.15. The van der Waals surface area contributed by atoms with Crippen LogP contribution < -0.4 is 0 Å². The highest BCUT2D eigenvalue weighted by atomic mass is 16.1. The summed E-state index contributed by atoms with van der Waals surface area (Å²) in [7, 11) is 0. The van der Waals surface area contributed by atoms with Gasteiger partial charge in [0.25, 0.3) is 0 Å². The number of nitrogens with zero attached hydrogens (tertiary/aromatic N) is 1. The largest absolute Gasteiger partial charge is 0.292 e. The number of piperidine rings is 1. The van der Waals surface area contributed by atoms with Crippen molar-refractivity contribution in [2.45, 2.75) is 63.8 Å². The van der Waals surface area contributed by atoms with Crippen LogP contribution in [-0.2, 0) is 0 Å². The van der Waals surface area contributed by atoms with E-state index < -0.39 is 0 Å². The number of hydrogen-bond acceptors (Lipinski definition) is 2. The van der Waals surface area contributed by atoms with E-state index in [2.05, 4.69) is 30.9 Å². The molecule has 0 N–H and O–H groups in total. The van der Waals surface area contributed by atoms with E-state index in [1.54, 1.807) is 0 Å². The van der Waals surface area contributed by atoms with E-state index in [1.807, 2.05) is 12.1 Å². The van der Waals surface area contributed by atoms with Crippen molar-refractivity contribution in [3.63, 3.8) is 0 Å². The number of Topliss-reactive ketones (excluding diaryl/α,β-unsaturated/α-hetero) is 1. The number of likely N-dealkylation sites (tertiary alicyclic amines) is 1. The zero-order valence-corrected chi connectivity index (χ0v) is 13.4. The van der Waals surface area contributed by atoms with E-state index in [0.717, 1.165) is 18.7 Å². The Bertz CT molecular complexity index is 510. The number of carbonyl (C=O) groups excluding carboxylic acids is 1. The number of carbonyl (C=O) groups is 1.